The number of hydrogen-bond acceptors (Lipinski definition) is 6. The van der Waals surface area contributed by atoms with Crippen molar-refractivity contribution in [2.45, 2.75) is 76.5 Å². The number of carbonyl (C=O) groups is 2. The van der Waals surface area contributed by atoms with Gasteiger partial charge in [0, 0.05) is 11.1 Å². The summed E-state index contributed by atoms with van der Waals surface area (Å²) in [6.45, 7) is 11.4. The third kappa shape index (κ3) is 12.4. The molecule has 0 aliphatic rings. The number of aryl methyl sites for hydroxylation is 1. The summed E-state index contributed by atoms with van der Waals surface area (Å²) in [5.74, 6) is -1.41. The van der Waals surface area contributed by atoms with Crippen LogP contribution in [-0.2, 0) is 28.9 Å². The molecule has 0 fully saturated rings. The van der Waals surface area contributed by atoms with Crippen LogP contribution < -0.4 is 0 Å². The Labute approximate surface area is 199 Å². The van der Waals surface area contributed by atoms with E-state index in [1.807, 2.05) is 6.92 Å². The number of carbonyl (C=O) groups excluding carboxylic acids is 2. The summed E-state index contributed by atoms with van der Waals surface area (Å²) in [6, 6.07) is 6.51. The molecule has 0 N–H and O–H groups in total. The van der Waals surface area contributed by atoms with Crippen LogP contribution in [0.4, 0.5) is 0 Å². The predicted octanol–water partition coefficient (Wildman–Crippen LogP) is 5.50. The van der Waals surface area contributed by atoms with Gasteiger partial charge in [-0.1, -0.05) is 75.8 Å². The minimum atomic E-state index is -3.61. The number of hydrogen-bond donors (Lipinski definition) is 0. The number of unbranched alkanes of at least 4 members (excludes halogenated alkanes) is 8. The van der Waals surface area contributed by atoms with Crippen LogP contribution in [0.5, 0.6) is 0 Å². The minimum absolute atomic E-state index is 0.0510. The van der Waals surface area contributed by atoms with E-state index in [1.54, 1.807) is 19.1 Å². The van der Waals surface area contributed by atoms with Gasteiger partial charge in [-0.25, -0.2) is 18.0 Å². The first kappa shape index (κ1) is 28.6. The Morgan fingerprint density at radius 2 is 1.18 bits per heavy atom. The summed E-state index contributed by atoms with van der Waals surface area (Å²) in [6.07, 6.45) is 9.24. The van der Waals surface area contributed by atoms with Gasteiger partial charge < -0.3 is 9.47 Å². The van der Waals surface area contributed by atoms with Crippen LogP contribution in [0.2, 0.25) is 0 Å². The van der Waals surface area contributed by atoms with Crippen LogP contribution >= 0.6 is 0 Å². The van der Waals surface area contributed by atoms with Crippen molar-refractivity contribution >= 4 is 21.8 Å². The van der Waals surface area contributed by atoms with E-state index in [0.717, 1.165) is 63.4 Å². The zero-order chi connectivity index (χ0) is 24.7. The smallest absolute Gasteiger partial charge is 0.334 e. The molecule has 0 aliphatic carbocycles. The minimum Gasteiger partial charge on any atom is -0.462 e. The van der Waals surface area contributed by atoms with Gasteiger partial charge >= 0.3 is 11.9 Å². The first-order valence-corrected chi connectivity index (χ1v) is 13.3. The van der Waals surface area contributed by atoms with Crippen molar-refractivity contribution in [1.82, 2.24) is 0 Å². The predicted molar refractivity (Wildman–Crippen MR) is 131 cm³/mol. The fourth-order valence-corrected chi connectivity index (χ4v) is 4.41. The second-order valence-corrected chi connectivity index (χ2v) is 10.4. The molecule has 33 heavy (non-hydrogen) atoms. The highest BCUT2D eigenvalue weighted by atomic mass is 32.2. The third-order valence-electron chi connectivity index (χ3n) is 5.14. The summed E-state index contributed by atoms with van der Waals surface area (Å²) < 4.78 is 35.0. The highest BCUT2D eigenvalue weighted by Gasteiger charge is 2.20. The Kier molecular flexibility index (Phi) is 13.4. The van der Waals surface area contributed by atoms with E-state index in [9.17, 15) is 18.0 Å². The lowest BCUT2D eigenvalue weighted by atomic mass is 10.1. The fraction of sp³-hybridized carbons (Fsp3) is 0.538. The molecular weight excluding hydrogens is 440 g/mol. The van der Waals surface area contributed by atoms with Gasteiger partial charge in [0.15, 0.2) is 9.84 Å². The summed E-state index contributed by atoms with van der Waals surface area (Å²) in [7, 11) is -3.61. The first-order chi connectivity index (χ1) is 15.6. The number of sulfone groups is 1. The van der Waals surface area contributed by atoms with E-state index < -0.39 is 21.6 Å². The maximum Gasteiger partial charge on any atom is 0.334 e. The molecule has 0 saturated heterocycles. The molecule has 0 aliphatic heterocycles. The van der Waals surface area contributed by atoms with Gasteiger partial charge in [0.2, 0.25) is 0 Å². The van der Waals surface area contributed by atoms with E-state index in [-0.39, 0.29) is 23.0 Å². The molecule has 0 bridgehead atoms. The first-order valence-electron chi connectivity index (χ1n) is 11.6. The van der Waals surface area contributed by atoms with E-state index >= 15 is 0 Å². The number of esters is 2. The van der Waals surface area contributed by atoms with Gasteiger partial charge in [-0.3, -0.25) is 0 Å². The Morgan fingerprint density at radius 3 is 1.64 bits per heavy atom. The van der Waals surface area contributed by atoms with Crippen molar-refractivity contribution in [3.63, 3.8) is 0 Å². The average molecular weight is 479 g/mol. The Balaban J connectivity index is 2.04. The standard InChI is InChI=1S/C26H38O6S/c1-21(2)25(27)31-18-12-10-8-6-5-7-9-11-13-19-32-26(28)23(4)20-33(29,30)24-16-14-22(3)15-17-24/h14-17H,1,4-13,18-20H2,2-3H3. The molecule has 184 valence electrons. The summed E-state index contributed by atoms with van der Waals surface area (Å²) in [5.41, 5.74) is 1.34. The summed E-state index contributed by atoms with van der Waals surface area (Å²) >= 11 is 0. The SMILES string of the molecule is C=C(C)C(=O)OCCCCCCCCCCCOC(=O)C(=C)CS(=O)(=O)c1ccc(C)cc1. The second kappa shape index (κ2) is 15.4. The van der Waals surface area contributed by atoms with Crippen molar-refractivity contribution < 1.29 is 27.5 Å². The number of benzene rings is 1. The fourth-order valence-electron chi connectivity index (χ4n) is 3.11. The monoisotopic (exact) mass is 478 g/mol. The van der Waals surface area contributed by atoms with E-state index in [4.69, 9.17) is 9.47 Å². The lowest BCUT2D eigenvalue weighted by Gasteiger charge is -2.09. The topological polar surface area (TPSA) is 86.7 Å². The van der Waals surface area contributed by atoms with E-state index in [2.05, 4.69) is 13.2 Å². The quantitative estimate of drug-likeness (QED) is 0.167. The molecule has 1 rings (SSSR count). The van der Waals surface area contributed by atoms with Gasteiger partial charge in [0.1, 0.15) is 0 Å². The molecule has 0 spiro atoms. The van der Waals surface area contributed by atoms with Gasteiger partial charge in [-0.05, 0) is 38.8 Å². The summed E-state index contributed by atoms with van der Waals surface area (Å²) in [4.78, 5) is 23.5. The van der Waals surface area contributed by atoms with Crippen LogP contribution in [0.3, 0.4) is 0 Å². The largest absolute Gasteiger partial charge is 0.462 e. The molecule has 0 aromatic heterocycles. The van der Waals surface area contributed by atoms with Gasteiger partial charge in [0.05, 0.1) is 23.9 Å². The summed E-state index contributed by atoms with van der Waals surface area (Å²) in [5, 5.41) is 0. The van der Waals surface area contributed by atoms with Crippen molar-refractivity contribution in [2.75, 3.05) is 19.0 Å². The molecule has 0 amide bonds. The highest BCUT2D eigenvalue weighted by Crippen LogP contribution is 2.15. The van der Waals surface area contributed by atoms with Crippen LogP contribution in [0.1, 0.15) is 70.3 Å². The zero-order valence-corrected chi connectivity index (χ0v) is 20.9. The number of rotatable bonds is 17. The lowest BCUT2D eigenvalue weighted by molar-refractivity contribution is -0.139. The molecule has 0 heterocycles. The molecule has 1 aromatic carbocycles. The molecule has 6 nitrogen and oxygen atoms in total. The van der Waals surface area contributed by atoms with E-state index in [0.29, 0.717) is 12.2 Å². The Hall–Kier alpha value is -2.41. The van der Waals surface area contributed by atoms with Gasteiger partial charge in [-0.15, -0.1) is 0 Å². The normalized spacial score (nSPS) is 11.1. The Bertz CT molecular complexity index is 884. The molecule has 7 heteroatoms. The molecule has 1 aromatic rings. The third-order valence-corrected chi connectivity index (χ3v) is 6.86. The number of ether oxygens (including phenoxy) is 2. The highest BCUT2D eigenvalue weighted by molar-refractivity contribution is 7.91. The van der Waals surface area contributed by atoms with Crippen LogP contribution in [0, 0.1) is 6.92 Å². The molecule has 0 radical (unpaired) electrons. The molecule has 0 unspecified atom stereocenters. The van der Waals surface area contributed by atoms with Crippen molar-refractivity contribution in [3.8, 4) is 0 Å². The Morgan fingerprint density at radius 1 is 0.758 bits per heavy atom. The van der Waals surface area contributed by atoms with Crippen molar-refractivity contribution in [1.29, 1.82) is 0 Å². The van der Waals surface area contributed by atoms with Crippen molar-refractivity contribution in [2.24, 2.45) is 0 Å². The zero-order valence-electron chi connectivity index (χ0n) is 20.1. The van der Waals surface area contributed by atoms with Crippen molar-refractivity contribution in [3.05, 3.63) is 54.1 Å². The maximum atomic E-state index is 12.4. The molecule has 0 saturated carbocycles. The van der Waals surface area contributed by atoms with Gasteiger partial charge in [0.25, 0.3) is 0 Å². The molecule has 0 atom stereocenters. The van der Waals surface area contributed by atoms with Gasteiger partial charge in [-0.2, -0.15) is 0 Å². The second-order valence-electron chi connectivity index (χ2n) is 8.41. The van der Waals surface area contributed by atoms with Crippen LogP contribution in [-0.4, -0.2) is 39.3 Å². The lowest BCUT2D eigenvalue weighted by Crippen LogP contribution is -2.17. The maximum absolute atomic E-state index is 12.4. The molecular formula is C26H38O6S. The van der Waals surface area contributed by atoms with Crippen LogP contribution in [0.15, 0.2) is 53.5 Å². The van der Waals surface area contributed by atoms with E-state index in [1.165, 1.54) is 12.1 Å². The average Bonchev–Trinajstić information content (AvgIpc) is 2.76. The van der Waals surface area contributed by atoms with Crippen LogP contribution in [0.25, 0.3) is 0 Å².